The molecule has 3 aromatic rings. The average molecular weight is 442 g/mol. The second-order valence-electron chi connectivity index (χ2n) is 7.74. The van der Waals surface area contributed by atoms with Gasteiger partial charge in [0.2, 0.25) is 5.91 Å². The highest BCUT2D eigenvalue weighted by Crippen LogP contribution is 2.35. The summed E-state index contributed by atoms with van der Waals surface area (Å²) in [5, 5.41) is 4.15. The first-order chi connectivity index (χ1) is 14.5. The van der Waals surface area contributed by atoms with E-state index in [4.69, 9.17) is 4.98 Å². The Hall–Kier alpha value is -2.12. The number of amides is 1. The maximum Gasteiger partial charge on any atom is 0.263 e. The molecule has 0 spiro atoms. The molecule has 1 amide bonds. The van der Waals surface area contributed by atoms with Gasteiger partial charge in [-0.15, -0.1) is 11.3 Å². The third kappa shape index (κ3) is 4.05. The van der Waals surface area contributed by atoms with Gasteiger partial charge in [-0.25, -0.2) is 4.98 Å². The Kier molecular flexibility index (Phi) is 6.29. The van der Waals surface area contributed by atoms with Gasteiger partial charge in [-0.3, -0.25) is 14.2 Å². The Morgan fingerprint density at radius 1 is 1.23 bits per heavy atom. The number of thiophene rings is 1. The van der Waals surface area contributed by atoms with E-state index >= 15 is 0 Å². The third-order valence-corrected chi connectivity index (χ3v) is 7.94. The number of aryl methyl sites for hydroxylation is 2. The van der Waals surface area contributed by atoms with Crippen LogP contribution < -0.4 is 10.9 Å². The van der Waals surface area contributed by atoms with Crippen LogP contribution in [0.5, 0.6) is 0 Å². The number of nitrogens with one attached hydrogen (secondary N) is 1. The molecule has 0 radical (unpaired) electrons. The normalized spacial score (nSPS) is 15.6. The van der Waals surface area contributed by atoms with Crippen LogP contribution in [0.15, 0.2) is 40.3 Å². The fraction of sp³-hybridized carbons (Fsp3) is 0.435. The SMILES string of the molecule is CCn1c(SC(C)C(=O)NC(C)c2ccccc2)nc2sc3c(c2c1=O)CCCC3. The van der Waals surface area contributed by atoms with Crippen molar-refractivity contribution in [1.82, 2.24) is 14.9 Å². The molecular weight excluding hydrogens is 414 g/mol. The first-order valence-electron chi connectivity index (χ1n) is 10.6. The number of fused-ring (bicyclic) bond motifs is 3. The first-order valence-corrected chi connectivity index (χ1v) is 12.3. The third-order valence-electron chi connectivity index (χ3n) is 5.67. The molecule has 2 heterocycles. The van der Waals surface area contributed by atoms with Crippen molar-refractivity contribution in [3.63, 3.8) is 0 Å². The molecule has 2 aromatic heterocycles. The molecule has 2 unspecified atom stereocenters. The van der Waals surface area contributed by atoms with Crippen LogP contribution in [0.3, 0.4) is 0 Å². The van der Waals surface area contributed by atoms with E-state index in [1.165, 1.54) is 28.6 Å². The summed E-state index contributed by atoms with van der Waals surface area (Å²) in [6.07, 6.45) is 4.33. The molecule has 0 saturated carbocycles. The molecule has 4 rings (SSSR count). The van der Waals surface area contributed by atoms with Crippen molar-refractivity contribution in [2.75, 3.05) is 0 Å². The second kappa shape index (κ2) is 8.94. The molecule has 0 bridgehead atoms. The maximum absolute atomic E-state index is 13.2. The van der Waals surface area contributed by atoms with Crippen molar-refractivity contribution in [3.8, 4) is 0 Å². The summed E-state index contributed by atoms with van der Waals surface area (Å²) in [6, 6.07) is 9.84. The minimum atomic E-state index is -0.354. The Morgan fingerprint density at radius 3 is 2.70 bits per heavy atom. The van der Waals surface area contributed by atoms with Crippen molar-refractivity contribution >= 4 is 39.2 Å². The summed E-state index contributed by atoms with van der Waals surface area (Å²) < 4.78 is 1.72. The van der Waals surface area contributed by atoms with E-state index in [-0.39, 0.29) is 22.8 Å². The molecule has 1 aromatic carbocycles. The van der Waals surface area contributed by atoms with Gasteiger partial charge in [0.15, 0.2) is 5.16 Å². The van der Waals surface area contributed by atoms with Crippen LogP contribution in [0.25, 0.3) is 10.2 Å². The predicted octanol–water partition coefficient (Wildman–Crippen LogP) is 4.71. The van der Waals surface area contributed by atoms with Crippen LogP contribution in [0, 0.1) is 0 Å². The molecule has 1 aliphatic rings. The molecular formula is C23H27N3O2S2. The number of nitrogens with zero attached hydrogens (tertiary/aromatic N) is 2. The number of hydrogen-bond donors (Lipinski definition) is 1. The zero-order valence-corrected chi connectivity index (χ0v) is 19.2. The number of rotatable bonds is 6. The van der Waals surface area contributed by atoms with Gasteiger partial charge in [-0.2, -0.15) is 0 Å². The molecule has 5 nitrogen and oxygen atoms in total. The van der Waals surface area contributed by atoms with E-state index in [0.29, 0.717) is 11.7 Å². The molecule has 1 N–H and O–H groups in total. The molecule has 0 fully saturated rings. The van der Waals surface area contributed by atoms with Gasteiger partial charge in [0, 0.05) is 11.4 Å². The van der Waals surface area contributed by atoms with Crippen LogP contribution >= 0.6 is 23.1 Å². The average Bonchev–Trinajstić information content (AvgIpc) is 3.13. The summed E-state index contributed by atoms with van der Waals surface area (Å²) >= 11 is 3.01. The molecule has 0 aliphatic heterocycles. The van der Waals surface area contributed by atoms with E-state index in [9.17, 15) is 9.59 Å². The lowest BCUT2D eigenvalue weighted by Gasteiger charge is -2.18. The summed E-state index contributed by atoms with van der Waals surface area (Å²) in [5.41, 5.74) is 2.31. The molecule has 0 saturated heterocycles. The lowest BCUT2D eigenvalue weighted by Crippen LogP contribution is -2.33. The quantitative estimate of drug-likeness (QED) is 0.444. The highest BCUT2D eigenvalue weighted by molar-refractivity contribution is 8.00. The maximum atomic E-state index is 13.2. The van der Waals surface area contributed by atoms with Gasteiger partial charge in [-0.1, -0.05) is 42.1 Å². The topological polar surface area (TPSA) is 64.0 Å². The van der Waals surface area contributed by atoms with Crippen molar-refractivity contribution in [3.05, 3.63) is 56.7 Å². The Morgan fingerprint density at radius 2 is 1.97 bits per heavy atom. The van der Waals surface area contributed by atoms with Crippen LogP contribution in [-0.4, -0.2) is 20.7 Å². The number of carbonyl (C=O) groups is 1. The summed E-state index contributed by atoms with van der Waals surface area (Å²) in [6.45, 7) is 6.35. The number of aromatic nitrogens is 2. The van der Waals surface area contributed by atoms with E-state index in [1.54, 1.807) is 15.9 Å². The lowest BCUT2D eigenvalue weighted by atomic mass is 9.97. The van der Waals surface area contributed by atoms with Gasteiger partial charge in [0.05, 0.1) is 16.7 Å². The zero-order valence-electron chi connectivity index (χ0n) is 17.6. The van der Waals surface area contributed by atoms with Gasteiger partial charge < -0.3 is 5.32 Å². The van der Waals surface area contributed by atoms with Crippen molar-refractivity contribution in [2.24, 2.45) is 0 Å². The Labute approximate surface area is 184 Å². The van der Waals surface area contributed by atoms with Crippen molar-refractivity contribution in [2.45, 2.75) is 69.4 Å². The minimum Gasteiger partial charge on any atom is -0.349 e. The number of thioether (sulfide) groups is 1. The standard InChI is InChI=1S/C23H27N3O2S2/c1-4-26-22(28)19-17-12-8-9-13-18(17)30-21(19)25-23(26)29-15(3)20(27)24-14(2)16-10-6-5-7-11-16/h5-7,10-11,14-15H,4,8-9,12-13H2,1-3H3,(H,24,27). The van der Waals surface area contributed by atoms with E-state index < -0.39 is 0 Å². The minimum absolute atomic E-state index is 0.0367. The highest BCUT2D eigenvalue weighted by Gasteiger charge is 2.24. The van der Waals surface area contributed by atoms with Gasteiger partial charge >= 0.3 is 0 Å². The predicted molar refractivity (Wildman–Crippen MR) is 125 cm³/mol. The first kappa shape index (κ1) is 21.1. The molecule has 7 heteroatoms. The summed E-state index contributed by atoms with van der Waals surface area (Å²) in [4.78, 5) is 33.0. The van der Waals surface area contributed by atoms with Gasteiger partial charge in [-0.05, 0) is 57.6 Å². The summed E-state index contributed by atoms with van der Waals surface area (Å²) in [7, 11) is 0. The lowest BCUT2D eigenvalue weighted by molar-refractivity contribution is -0.120. The highest BCUT2D eigenvalue weighted by atomic mass is 32.2. The fourth-order valence-corrected chi connectivity index (χ4v) is 6.24. The van der Waals surface area contributed by atoms with Gasteiger partial charge in [0.25, 0.3) is 5.56 Å². The van der Waals surface area contributed by atoms with Crippen LogP contribution in [0.1, 0.15) is 55.7 Å². The van der Waals surface area contributed by atoms with Crippen LogP contribution in [-0.2, 0) is 24.2 Å². The van der Waals surface area contributed by atoms with Crippen molar-refractivity contribution in [1.29, 1.82) is 0 Å². The molecule has 1 aliphatic carbocycles. The van der Waals surface area contributed by atoms with Gasteiger partial charge in [0.1, 0.15) is 4.83 Å². The zero-order chi connectivity index (χ0) is 21.3. The second-order valence-corrected chi connectivity index (χ2v) is 10.1. The largest absolute Gasteiger partial charge is 0.349 e. The number of hydrogen-bond acceptors (Lipinski definition) is 5. The molecule has 2 atom stereocenters. The molecule has 30 heavy (non-hydrogen) atoms. The number of carbonyl (C=O) groups excluding carboxylic acids is 1. The van der Waals surface area contributed by atoms with Crippen molar-refractivity contribution < 1.29 is 4.79 Å². The van der Waals surface area contributed by atoms with Crippen LogP contribution in [0.4, 0.5) is 0 Å². The Balaban J connectivity index is 1.58. The Bertz CT molecular complexity index is 1120. The van der Waals surface area contributed by atoms with Crippen LogP contribution in [0.2, 0.25) is 0 Å². The number of benzene rings is 1. The monoisotopic (exact) mass is 441 g/mol. The molecule has 158 valence electrons. The fourth-order valence-electron chi connectivity index (χ4n) is 3.96. The smallest absolute Gasteiger partial charge is 0.263 e. The van der Waals surface area contributed by atoms with E-state index in [0.717, 1.165) is 35.0 Å². The van der Waals surface area contributed by atoms with E-state index in [2.05, 4.69) is 5.32 Å². The summed E-state index contributed by atoms with van der Waals surface area (Å²) in [5.74, 6) is -0.0566. The van der Waals surface area contributed by atoms with E-state index in [1.807, 2.05) is 51.1 Å².